The van der Waals surface area contributed by atoms with Crippen molar-refractivity contribution in [1.82, 2.24) is 5.32 Å². The number of halogens is 1. The predicted octanol–water partition coefficient (Wildman–Crippen LogP) is 2.81. The SMILES string of the molecule is CCCC(C)(NC(=O)c1csc(I)c1)C(=O)OC. The lowest BCUT2D eigenvalue weighted by molar-refractivity contribution is -0.147. The van der Waals surface area contributed by atoms with Gasteiger partial charge in [0.2, 0.25) is 0 Å². The van der Waals surface area contributed by atoms with E-state index >= 15 is 0 Å². The van der Waals surface area contributed by atoms with Gasteiger partial charge in [-0.2, -0.15) is 0 Å². The number of hydrogen-bond donors (Lipinski definition) is 1. The minimum atomic E-state index is -0.964. The van der Waals surface area contributed by atoms with E-state index in [1.807, 2.05) is 6.92 Å². The van der Waals surface area contributed by atoms with Crippen molar-refractivity contribution in [2.24, 2.45) is 0 Å². The zero-order valence-corrected chi connectivity index (χ0v) is 13.6. The maximum atomic E-state index is 12.1. The zero-order chi connectivity index (χ0) is 13.8. The van der Waals surface area contributed by atoms with Crippen LogP contribution < -0.4 is 5.32 Å². The summed E-state index contributed by atoms with van der Waals surface area (Å²) in [4.78, 5) is 23.8. The van der Waals surface area contributed by atoms with Gasteiger partial charge in [0, 0.05) is 5.38 Å². The Morgan fingerprint density at radius 3 is 2.67 bits per heavy atom. The van der Waals surface area contributed by atoms with Crippen LogP contribution in [0.2, 0.25) is 0 Å². The van der Waals surface area contributed by atoms with Crippen LogP contribution in [-0.4, -0.2) is 24.5 Å². The van der Waals surface area contributed by atoms with E-state index in [-0.39, 0.29) is 5.91 Å². The van der Waals surface area contributed by atoms with Crippen molar-refractivity contribution in [3.63, 3.8) is 0 Å². The molecule has 0 saturated heterocycles. The second kappa shape index (κ2) is 6.51. The molecule has 100 valence electrons. The maximum Gasteiger partial charge on any atom is 0.331 e. The Labute approximate surface area is 124 Å². The Morgan fingerprint density at radius 1 is 1.56 bits per heavy atom. The first kappa shape index (κ1) is 15.4. The fraction of sp³-hybridized carbons (Fsp3) is 0.500. The minimum absolute atomic E-state index is 0.240. The summed E-state index contributed by atoms with van der Waals surface area (Å²) < 4.78 is 5.79. The molecule has 1 rings (SSSR count). The lowest BCUT2D eigenvalue weighted by Gasteiger charge is -2.27. The van der Waals surface area contributed by atoms with E-state index < -0.39 is 11.5 Å². The van der Waals surface area contributed by atoms with Crippen molar-refractivity contribution >= 4 is 45.8 Å². The summed E-state index contributed by atoms with van der Waals surface area (Å²) >= 11 is 3.65. The molecule has 0 bridgehead atoms. The number of thiophene rings is 1. The largest absolute Gasteiger partial charge is 0.467 e. The molecular weight excluding hydrogens is 365 g/mol. The number of methoxy groups -OCH3 is 1. The van der Waals surface area contributed by atoms with Crippen molar-refractivity contribution in [2.45, 2.75) is 32.2 Å². The Hall–Kier alpha value is -0.630. The lowest BCUT2D eigenvalue weighted by atomic mass is 9.96. The Balaban J connectivity index is 2.84. The van der Waals surface area contributed by atoms with E-state index in [2.05, 4.69) is 27.9 Å². The molecule has 0 aromatic carbocycles. The fourth-order valence-electron chi connectivity index (χ4n) is 1.69. The highest BCUT2D eigenvalue weighted by molar-refractivity contribution is 14.1. The van der Waals surface area contributed by atoms with Crippen LogP contribution in [0.15, 0.2) is 11.4 Å². The van der Waals surface area contributed by atoms with Crippen molar-refractivity contribution in [3.8, 4) is 0 Å². The number of nitrogens with one attached hydrogen (secondary N) is 1. The van der Waals surface area contributed by atoms with Crippen molar-refractivity contribution < 1.29 is 14.3 Å². The maximum absolute atomic E-state index is 12.1. The Kier molecular flexibility index (Phi) is 5.58. The molecule has 0 radical (unpaired) electrons. The van der Waals surface area contributed by atoms with Gasteiger partial charge in [-0.25, -0.2) is 4.79 Å². The fourth-order valence-corrected chi connectivity index (χ4v) is 3.02. The molecule has 1 N–H and O–H groups in total. The number of amides is 1. The van der Waals surface area contributed by atoms with Crippen molar-refractivity contribution in [2.75, 3.05) is 7.11 Å². The standard InChI is InChI=1S/C12H16INO3S/c1-4-5-12(2,11(16)17-3)14-10(15)8-6-9(13)18-7-8/h6-7H,4-5H2,1-3H3,(H,14,15). The van der Waals surface area contributed by atoms with Gasteiger partial charge in [0.05, 0.1) is 15.6 Å². The predicted molar refractivity (Wildman–Crippen MR) is 79.8 cm³/mol. The molecule has 0 saturated carbocycles. The van der Waals surface area contributed by atoms with Gasteiger partial charge in [0.25, 0.3) is 5.91 Å². The molecule has 1 atom stereocenters. The molecule has 1 aromatic heterocycles. The van der Waals surface area contributed by atoms with Crippen LogP contribution in [0.1, 0.15) is 37.0 Å². The molecule has 0 spiro atoms. The van der Waals surface area contributed by atoms with Gasteiger partial charge in [0.1, 0.15) is 5.54 Å². The molecule has 6 heteroatoms. The number of rotatable bonds is 5. The summed E-state index contributed by atoms with van der Waals surface area (Å²) in [5.74, 6) is -0.654. The van der Waals surface area contributed by atoms with Gasteiger partial charge in [-0.15, -0.1) is 11.3 Å². The summed E-state index contributed by atoms with van der Waals surface area (Å²) in [5.41, 5.74) is -0.385. The first-order chi connectivity index (χ1) is 8.42. The molecule has 1 aromatic rings. The molecule has 18 heavy (non-hydrogen) atoms. The van der Waals surface area contributed by atoms with E-state index in [4.69, 9.17) is 4.74 Å². The summed E-state index contributed by atoms with van der Waals surface area (Å²) in [6.45, 7) is 3.65. The third-order valence-corrected chi connectivity index (χ3v) is 4.39. The number of carbonyl (C=O) groups excluding carboxylic acids is 2. The van der Waals surface area contributed by atoms with Crippen LogP contribution in [0.25, 0.3) is 0 Å². The molecule has 0 aliphatic rings. The first-order valence-electron chi connectivity index (χ1n) is 5.58. The average molecular weight is 381 g/mol. The van der Waals surface area contributed by atoms with Crippen LogP contribution in [0.3, 0.4) is 0 Å². The van der Waals surface area contributed by atoms with E-state index in [1.165, 1.54) is 18.4 Å². The minimum Gasteiger partial charge on any atom is -0.467 e. The van der Waals surface area contributed by atoms with Crippen LogP contribution in [0.4, 0.5) is 0 Å². The van der Waals surface area contributed by atoms with E-state index in [0.717, 1.165) is 9.30 Å². The molecule has 4 nitrogen and oxygen atoms in total. The van der Waals surface area contributed by atoms with Crippen LogP contribution in [-0.2, 0) is 9.53 Å². The van der Waals surface area contributed by atoms with Crippen LogP contribution >= 0.6 is 33.9 Å². The third kappa shape index (κ3) is 3.68. The Morgan fingerprint density at radius 2 is 2.22 bits per heavy atom. The number of esters is 1. The average Bonchev–Trinajstić information content (AvgIpc) is 2.75. The number of ether oxygens (including phenoxy) is 1. The van der Waals surface area contributed by atoms with Gasteiger partial charge in [-0.3, -0.25) is 4.79 Å². The number of hydrogen-bond acceptors (Lipinski definition) is 4. The van der Waals surface area contributed by atoms with Gasteiger partial charge < -0.3 is 10.1 Å². The second-order valence-electron chi connectivity index (χ2n) is 4.17. The molecular formula is C12H16INO3S. The molecule has 0 aliphatic carbocycles. The van der Waals surface area contributed by atoms with Gasteiger partial charge >= 0.3 is 5.97 Å². The van der Waals surface area contributed by atoms with Crippen molar-refractivity contribution in [1.29, 1.82) is 0 Å². The van der Waals surface area contributed by atoms with E-state index in [9.17, 15) is 9.59 Å². The van der Waals surface area contributed by atoms with Gasteiger partial charge in [-0.1, -0.05) is 13.3 Å². The van der Waals surface area contributed by atoms with E-state index in [0.29, 0.717) is 12.0 Å². The summed E-state index contributed by atoms with van der Waals surface area (Å²) in [6.07, 6.45) is 1.33. The Bertz CT molecular complexity index is 446. The van der Waals surface area contributed by atoms with Crippen molar-refractivity contribution in [3.05, 3.63) is 19.9 Å². The van der Waals surface area contributed by atoms with Gasteiger partial charge in [0.15, 0.2) is 0 Å². The molecule has 1 heterocycles. The van der Waals surface area contributed by atoms with Crippen LogP contribution in [0.5, 0.6) is 0 Å². The first-order valence-corrected chi connectivity index (χ1v) is 7.53. The topological polar surface area (TPSA) is 55.4 Å². The summed E-state index contributed by atoms with van der Waals surface area (Å²) in [7, 11) is 1.33. The molecule has 1 amide bonds. The summed E-state index contributed by atoms with van der Waals surface area (Å²) in [5, 5.41) is 4.54. The zero-order valence-electron chi connectivity index (χ0n) is 10.6. The lowest BCUT2D eigenvalue weighted by Crippen LogP contribution is -2.52. The normalized spacial score (nSPS) is 13.8. The quantitative estimate of drug-likeness (QED) is 0.631. The highest BCUT2D eigenvalue weighted by Gasteiger charge is 2.35. The molecule has 0 aliphatic heterocycles. The highest BCUT2D eigenvalue weighted by Crippen LogP contribution is 2.19. The monoisotopic (exact) mass is 381 g/mol. The van der Waals surface area contributed by atoms with E-state index in [1.54, 1.807) is 18.4 Å². The summed E-state index contributed by atoms with van der Waals surface area (Å²) in [6, 6.07) is 1.80. The smallest absolute Gasteiger partial charge is 0.331 e. The second-order valence-corrected chi connectivity index (χ2v) is 6.97. The van der Waals surface area contributed by atoms with Gasteiger partial charge in [-0.05, 0) is 42.0 Å². The molecule has 0 fully saturated rings. The third-order valence-electron chi connectivity index (χ3n) is 2.60. The van der Waals surface area contributed by atoms with Crippen LogP contribution in [0, 0.1) is 2.88 Å². The number of carbonyl (C=O) groups is 2. The molecule has 1 unspecified atom stereocenters. The highest BCUT2D eigenvalue weighted by atomic mass is 127.